The predicted octanol–water partition coefficient (Wildman–Crippen LogP) is 12.5. The molecule has 0 radical (unpaired) electrons. The smallest absolute Gasteiger partial charge is 0.0933 e. The molecule has 7 aromatic carbocycles. The van der Waals surface area contributed by atoms with Crippen molar-refractivity contribution in [1.29, 1.82) is 0 Å². The molecule has 0 saturated heterocycles. The van der Waals surface area contributed by atoms with Gasteiger partial charge in [0.05, 0.1) is 22.8 Å². The summed E-state index contributed by atoms with van der Waals surface area (Å²) < 4.78 is 0. The molecule has 2 aliphatic carbocycles. The fraction of sp³-hybridized carbons (Fsp3) is 0.125. The van der Waals surface area contributed by atoms with Crippen LogP contribution in [0, 0.1) is 0 Å². The summed E-state index contributed by atoms with van der Waals surface area (Å²) in [6.07, 6.45) is 0. The van der Waals surface area contributed by atoms with Crippen molar-refractivity contribution in [3.8, 4) is 33.6 Å². The van der Waals surface area contributed by atoms with Crippen LogP contribution in [-0.4, -0.2) is 9.97 Å². The van der Waals surface area contributed by atoms with Crippen molar-refractivity contribution in [1.82, 2.24) is 9.97 Å². The van der Waals surface area contributed by atoms with Crippen LogP contribution in [0.25, 0.3) is 55.2 Å². The molecule has 8 aromatic rings. The monoisotopic (exact) mass is 655 g/mol. The minimum atomic E-state index is -0.327. The number of nitrogens with zero attached hydrogens (tertiary/aromatic N) is 3. The van der Waals surface area contributed by atoms with Crippen molar-refractivity contribution in [3.63, 3.8) is 0 Å². The molecule has 1 heterocycles. The van der Waals surface area contributed by atoms with E-state index in [0.29, 0.717) is 0 Å². The number of fused-ring (bicyclic) bond motifs is 8. The van der Waals surface area contributed by atoms with Gasteiger partial charge in [0.2, 0.25) is 0 Å². The van der Waals surface area contributed by atoms with Crippen LogP contribution in [0.15, 0.2) is 152 Å². The Labute approximate surface area is 298 Å². The first-order valence-corrected chi connectivity index (χ1v) is 17.8. The minimum Gasteiger partial charge on any atom is -0.310 e. The summed E-state index contributed by atoms with van der Waals surface area (Å²) in [6, 6.07) is 55.0. The van der Waals surface area contributed by atoms with Crippen molar-refractivity contribution in [2.24, 2.45) is 0 Å². The van der Waals surface area contributed by atoms with E-state index >= 15 is 0 Å². The summed E-state index contributed by atoms with van der Waals surface area (Å²) >= 11 is 0. The highest BCUT2D eigenvalue weighted by molar-refractivity contribution is 5.92. The number of para-hydroxylation sites is 1. The van der Waals surface area contributed by atoms with Crippen molar-refractivity contribution < 1.29 is 0 Å². The van der Waals surface area contributed by atoms with Gasteiger partial charge in [-0.3, -0.25) is 0 Å². The summed E-state index contributed by atoms with van der Waals surface area (Å²) in [5, 5.41) is 4.97. The maximum atomic E-state index is 5.53. The highest BCUT2D eigenvalue weighted by atomic mass is 15.1. The van der Waals surface area contributed by atoms with Crippen molar-refractivity contribution in [2.45, 2.75) is 38.5 Å². The van der Waals surface area contributed by atoms with Gasteiger partial charge in [-0.2, -0.15) is 0 Å². The summed E-state index contributed by atoms with van der Waals surface area (Å²) in [7, 11) is 0. The highest BCUT2D eigenvalue weighted by Gasteiger charge is 2.44. The van der Waals surface area contributed by atoms with E-state index in [1.54, 1.807) is 0 Å². The molecule has 0 unspecified atom stereocenters. The summed E-state index contributed by atoms with van der Waals surface area (Å²) in [5.74, 6) is 0. The SMILES string of the molecule is CC1(C)c2cc(-c3ccc4ccccc4c3)ccc2-c2nc3c(nc21)-c1ccc(N(c2ccccc2)c2ccc4ccccc4c2)cc1C3(C)C. The maximum absolute atomic E-state index is 5.53. The fourth-order valence-electron chi connectivity index (χ4n) is 8.49. The first-order chi connectivity index (χ1) is 24.8. The van der Waals surface area contributed by atoms with Crippen molar-refractivity contribution in [3.05, 3.63) is 174 Å². The van der Waals surface area contributed by atoms with Gasteiger partial charge in [-0.1, -0.05) is 131 Å². The second-order valence-corrected chi connectivity index (χ2v) is 15.1. The molecule has 1 aromatic heterocycles. The Balaban J connectivity index is 1.07. The topological polar surface area (TPSA) is 29.0 Å². The number of benzene rings is 7. The fourth-order valence-corrected chi connectivity index (χ4v) is 8.49. The van der Waals surface area contributed by atoms with Gasteiger partial charge in [-0.15, -0.1) is 0 Å². The normalized spacial score (nSPS) is 14.6. The minimum absolute atomic E-state index is 0.285. The quantitative estimate of drug-likeness (QED) is 0.189. The zero-order valence-corrected chi connectivity index (χ0v) is 29.3. The lowest BCUT2D eigenvalue weighted by molar-refractivity contribution is 0.617. The molecule has 51 heavy (non-hydrogen) atoms. The second kappa shape index (κ2) is 10.7. The number of rotatable bonds is 4. The molecule has 0 N–H and O–H groups in total. The van der Waals surface area contributed by atoms with E-state index in [-0.39, 0.29) is 10.8 Å². The van der Waals surface area contributed by atoms with Crippen LogP contribution in [0.4, 0.5) is 17.1 Å². The molecule has 0 aliphatic heterocycles. The third kappa shape index (κ3) is 4.44. The summed E-state index contributed by atoms with van der Waals surface area (Å²) in [5.41, 5.74) is 14.2. The second-order valence-electron chi connectivity index (χ2n) is 15.1. The Hall–Kier alpha value is -6.06. The molecule has 0 amide bonds. The predicted molar refractivity (Wildman–Crippen MR) is 212 cm³/mol. The van der Waals surface area contributed by atoms with Crippen LogP contribution in [0.3, 0.4) is 0 Å². The van der Waals surface area contributed by atoms with E-state index in [1.807, 2.05) is 0 Å². The van der Waals surface area contributed by atoms with Gasteiger partial charge >= 0.3 is 0 Å². The van der Waals surface area contributed by atoms with Crippen LogP contribution in [0.1, 0.15) is 50.2 Å². The first-order valence-electron chi connectivity index (χ1n) is 17.8. The number of anilines is 3. The zero-order chi connectivity index (χ0) is 34.5. The number of hydrogen-bond donors (Lipinski definition) is 0. The summed E-state index contributed by atoms with van der Waals surface area (Å²) in [4.78, 5) is 13.4. The molecule has 3 nitrogen and oxygen atoms in total. The van der Waals surface area contributed by atoms with Crippen LogP contribution in [0.2, 0.25) is 0 Å². The Kier molecular flexibility index (Phi) is 6.27. The number of hydrogen-bond acceptors (Lipinski definition) is 3. The van der Waals surface area contributed by atoms with Gasteiger partial charge in [0, 0.05) is 39.0 Å². The average Bonchev–Trinajstić information content (AvgIpc) is 3.52. The molecule has 244 valence electrons. The summed E-state index contributed by atoms with van der Waals surface area (Å²) in [6.45, 7) is 9.20. The van der Waals surface area contributed by atoms with E-state index in [4.69, 9.17) is 9.97 Å². The molecule has 0 atom stereocenters. The van der Waals surface area contributed by atoms with Gasteiger partial charge in [0.15, 0.2) is 0 Å². The van der Waals surface area contributed by atoms with Gasteiger partial charge < -0.3 is 4.90 Å². The molecular formula is C48H37N3. The highest BCUT2D eigenvalue weighted by Crippen LogP contribution is 2.54. The maximum Gasteiger partial charge on any atom is 0.0933 e. The third-order valence-electron chi connectivity index (χ3n) is 11.3. The third-order valence-corrected chi connectivity index (χ3v) is 11.3. The van der Waals surface area contributed by atoms with E-state index in [0.717, 1.165) is 39.8 Å². The standard InChI is InChI=1S/C48H37N3/c1-47(2)41-28-35(34-19-18-30-12-8-10-14-32(30)26-34)21-24-39(41)43-45(47)50-44-40-25-23-38(29-42(40)48(3,4)46(44)49-43)51(36-16-6-5-7-17-36)37-22-20-31-13-9-11-15-33(31)27-37/h5-29H,1-4H3. The Morgan fingerprint density at radius 2 is 0.863 bits per heavy atom. The molecule has 3 heteroatoms. The molecule has 0 bridgehead atoms. The van der Waals surface area contributed by atoms with E-state index in [1.165, 1.54) is 54.9 Å². The Morgan fingerprint density at radius 3 is 1.53 bits per heavy atom. The van der Waals surface area contributed by atoms with E-state index in [9.17, 15) is 0 Å². The van der Waals surface area contributed by atoms with Crippen molar-refractivity contribution in [2.75, 3.05) is 4.90 Å². The average molecular weight is 656 g/mol. The van der Waals surface area contributed by atoms with Gasteiger partial charge in [-0.05, 0) is 92.3 Å². The molecular weight excluding hydrogens is 619 g/mol. The van der Waals surface area contributed by atoms with Crippen LogP contribution in [-0.2, 0) is 10.8 Å². The molecule has 10 rings (SSSR count). The lowest BCUT2D eigenvalue weighted by Gasteiger charge is -2.28. The zero-order valence-electron chi connectivity index (χ0n) is 29.3. The lowest BCUT2D eigenvalue weighted by Crippen LogP contribution is -2.20. The van der Waals surface area contributed by atoms with Crippen LogP contribution >= 0.6 is 0 Å². The van der Waals surface area contributed by atoms with Gasteiger partial charge in [-0.25, -0.2) is 9.97 Å². The molecule has 0 fully saturated rings. The number of aromatic nitrogens is 2. The largest absolute Gasteiger partial charge is 0.310 e. The van der Waals surface area contributed by atoms with E-state index in [2.05, 4.69) is 184 Å². The Bertz CT molecular complexity index is 2700. The molecule has 0 spiro atoms. The van der Waals surface area contributed by atoms with Gasteiger partial charge in [0.1, 0.15) is 0 Å². The van der Waals surface area contributed by atoms with Crippen LogP contribution < -0.4 is 4.90 Å². The van der Waals surface area contributed by atoms with E-state index < -0.39 is 0 Å². The molecule has 0 saturated carbocycles. The lowest BCUT2D eigenvalue weighted by atomic mass is 9.83. The van der Waals surface area contributed by atoms with Crippen molar-refractivity contribution >= 4 is 38.6 Å². The van der Waals surface area contributed by atoms with Gasteiger partial charge in [0.25, 0.3) is 0 Å². The first kappa shape index (κ1) is 29.8. The Morgan fingerprint density at radius 1 is 0.392 bits per heavy atom. The van der Waals surface area contributed by atoms with Crippen LogP contribution in [0.5, 0.6) is 0 Å². The molecule has 2 aliphatic rings.